The monoisotopic (exact) mass is 345 g/mol. The zero-order valence-corrected chi connectivity index (χ0v) is 15.9. The van der Waals surface area contributed by atoms with Crippen molar-refractivity contribution in [1.82, 2.24) is 4.90 Å². The Morgan fingerprint density at radius 1 is 1.00 bits per heavy atom. The first-order valence-corrected chi connectivity index (χ1v) is 9.30. The summed E-state index contributed by atoms with van der Waals surface area (Å²) < 4.78 is 0. The summed E-state index contributed by atoms with van der Waals surface area (Å²) in [4.78, 5) is 3.39. The summed E-state index contributed by atoms with van der Waals surface area (Å²) in [6, 6.07) is 12.1. The van der Waals surface area contributed by atoms with Gasteiger partial charge in [-0.1, -0.05) is 39.0 Å². The van der Waals surface area contributed by atoms with Crippen molar-refractivity contribution in [3.63, 3.8) is 0 Å². The third kappa shape index (κ3) is 4.68. The number of nitrogens with zero attached hydrogens (tertiary/aromatic N) is 1. The summed E-state index contributed by atoms with van der Waals surface area (Å²) in [5.41, 5.74) is 2.92. The molecule has 2 aromatic rings. The lowest BCUT2D eigenvalue weighted by Gasteiger charge is -2.23. The van der Waals surface area contributed by atoms with E-state index >= 15 is 0 Å². The van der Waals surface area contributed by atoms with Gasteiger partial charge in [0.1, 0.15) is 0 Å². The summed E-state index contributed by atoms with van der Waals surface area (Å²) >= 11 is 1.73. The van der Waals surface area contributed by atoms with Crippen molar-refractivity contribution in [1.29, 1.82) is 0 Å². The Bertz CT molecular complexity index is 690. The molecule has 0 spiro atoms. The lowest BCUT2D eigenvalue weighted by Crippen LogP contribution is -2.18. The second-order valence-electron chi connectivity index (χ2n) is 7.27. The van der Waals surface area contributed by atoms with E-state index in [1.165, 1.54) is 10.5 Å². The Hall–Kier alpha value is -1.65. The molecule has 0 radical (unpaired) electrons. The van der Waals surface area contributed by atoms with Gasteiger partial charge in [-0.15, -0.1) is 11.8 Å². The molecule has 2 aromatic carbocycles. The van der Waals surface area contributed by atoms with Gasteiger partial charge in [0, 0.05) is 23.5 Å². The largest absolute Gasteiger partial charge is 0.504 e. The van der Waals surface area contributed by atoms with E-state index in [9.17, 15) is 10.2 Å². The normalized spacial score (nSPS) is 11.9. The van der Waals surface area contributed by atoms with Crippen LogP contribution in [-0.4, -0.2) is 28.4 Å². The van der Waals surface area contributed by atoms with Gasteiger partial charge in [0.2, 0.25) is 0 Å². The molecule has 24 heavy (non-hydrogen) atoms. The molecule has 2 N–H and O–H groups in total. The van der Waals surface area contributed by atoms with Crippen LogP contribution in [0.3, 0.4) is 0 Å². The van der Waals surface area contributed by atoms with Gasteiger partial charge in [-0.2, -0.15) is 0 Å². The number of hydrogen-bond donors (Lipinski definition) is 2. The fourth-order valence-electron chi connectivity index (χ4n) is 2.62. The molecule has 0 aliphatic carbocycles. The van der Waals surface area contributed by atoms with Gasteiger partial charge in [-0.3, -0.25) is 4.90 Å². The molecule has 3 nitrogen and oxygen atoms in total. The molecule has 130 valence electrons. The second kappa shape index (κ2) is 7.49. The standard InChI is InChI=1S/C20H27NO2S/c1-20(2,3)16-10-15(19(23)18(22)11-16)13-21(4)12-14-6-8-17(24-5)9-7-14/h6-11,22-23H,12-13H2,1-5H3. The maximum Gasteiger partial charge on any atom is 0.162 e. The average Bonchev–Trinajstić information content (AvgIpc) is 2.51. The molecule has 0 fully saturated rings. The van der Waals surface area contributed by atoms with Crippen LogP contribution >= 0.6 is 11.8 Å². The van der Waals surface area contributed by atoms with Gasteiger partial charge >= 0.3 is 0 Å². The third-order valence-corrected chi connectivity index (χ3v) is 4.83. The summed E-state index contributed by atoms with van der Waals surface area (Å²) in [5, 5.41) is 20.2. The lowest BCUT2D eigenvalue weighted by molar-refractivity contribution is 0.308. The van der Waals surface area contributed by atoms with Crippen LogP contribution in [0.1, 0.15) is 37.5 Å². The molecule has 0 heterocycles. The van der Waals surface area contributed by atoms with E-state index in [4.69, 9.17) is 0 Å². The van der Waals surface area contributed by atoms with Gasteiger partial charge in [0.05, 0.1) is 0 Å². The van der Waals surface area contributed by atoms with Crippen LogP contribution < -0.4 is 0 Å². The molecule has 0 saturated heterocycles. The quantitative estimate of drug-likeness (QED) is 0.606. The Balaban J connectivity index is 2.15. The van der Waals surface area contributed by atoms with Crippen LogP contribution in [0.25, 0.3) is 0 Å². The first-order valence-electron chi connectivity index (χ1n) is 8.07. The van der Waals surface area contributed by atoms with E-state index in [2.05, 4.69) is 56.2 Å². The van der Waals surface area contributed by atoms with Gasteiger partial charge < -0.3 is 10.2 Å². The van der Waals surface area contributed by atoms with Crippen molar-refractivity contribution >= 4 is 11.8 Å². The lowest BCUT2D eigenvalue weighted by atomic mass is 9.85. The fourth-order valence-corrected chi connectivity index (χ4v) is 3.03. The summed E-state index contributed by atoms with van der Waals surface area (Å²) in [5.74, 6) is -0.0669. The number of benzene rings is 2. The molecular formula is C20H27NO2S. The molecule has 0 unspecified atom stereocenters. The van der Waals surface area contributed by atoms with Crippen molar-refractivity contribution in [3.05, 3.63) is 53.1 Å². The van der Waals surface area contributed by atoms with Crippen LogP contribution in [0.15, 0.2) is 41.3 Å². The maximum atomic E-state index is 10.2. The zero-order chi connectivity index (χ0) is 17.9. The maximum absolute atomic E-state index is 10.2. The minimum atomic E-state index is -0.0772. The Labute approximate surface area is 149 Å². The highest BCUT2D eigenvalue weighted by Crippen LogP contribution is 2.35. The number of thioether (sulfide) groups is 1. The van der Waals surface area contributed by atoms with Crippen molar-refractivity contribution in [2.45, 2.75) is 44.2 Å². The Morgan fingerprint density at radius 3 is 2.17 bits per heavy atom. The molecule has 0 saturated carbocycles. The SMILES string of the molecule is CSc1ccc(CN(C)Cc2cc(C(C)(C)C)cc(O)c2O)cc1. The summed E-state index contributed by atoms with van der Waals surface area (Å²) in [7, 11) is 2.02. The topological polar surface area (TPSA) is 43.7 Å². The smallest absolute Gasteiger partial charge is 0.162 e. The third-order valence-electron chi connectivity index (χ3n) is 4.09. The first kappa shape index (κ1) is 18.7. The average molecular weight is 346 g/mol. The van der Waals surface area contributed by atoms with Crippen molar-refractivity contribution in [2.75, 3.05) is 13.3 Å². The summed E-state index contributed by atoms with van der Waals surface area (Å²) in [6.07, 6.45) is 2.07. The van der Waals surface area contributed by atoms with Crippen molar-refractivity contribution in [2.24, 2.45) is 0 Å². The molecule has 0 aliphatic rings. The van der Waals surface area contributed by atoms with Crippen molar-refractivity contribution < 1.29 is 10.2 Å². The molecule has 0 atom stereocenters. The van der Waals surface area contributed by atoms with Crippen LogP contribution in [0.4, 0.5) is 0 Å². The van der Waals surface area contributed by atoms with E-state index in [0.717, 1.165) is 17.7 Å². The van der Waals surface area contributed by atoms with E-state index in [1.54, 1.807) is 17.8 Å². The predicted octanol–water partition coefficient (Wildman–Crippen LogP) is 4.75. The van der Waals surface area contributed by atoms with Crippen LogP contribution in [0.2, 0.25) is 0 Å². The molecular weight excluding hydrogens is 318 g/mol. The minimum Gasteiger partial charge on any atom is -0.504 e. The van der Waals surface area contributed by atoms with Gasteiger partial charge in [0.15, 0.2) is 11.5 Å². The molecule has 4 heteroatoms. The minimum absolute atomic E-state index is 0.0208. The number of phenols is 2. The molecule has 0 aliphatic heterocycles. The highest BCUT2D eigenvalue weighted by Gasteiger charge is 2.19. The predicted molar refractivity (Wildman–Crippen MR) is 102 cm³/mol. The Kier molecular flexibility index (Phi) is 5.83. The van der Waals surface area contributed by atoms with E-state index < -0.39 is 0 Å². The van der Waals surface area contributed by atoms with E-state index in [0.29, 0.717) is 6.54 Å². The fraction of sp³-hybridized carbons (Fsp3) is 0.400. The summed E-state index contributed by atoms with van der Waals surface area (Å²) in [6.45, 7) is 7.65. The van der Waals surface area contributed by atoms with Gasteiger partial charge in [-0.25, -0.2) is 0 Å². The highest BCUT2D eigenvalue weighted by atomic mass is 32.2. The molecule has 0 aromatic heterocycles. The van der Waals surface area contributed by atoms with Crippen molar-refractivity contribution in [3.8, 4) is 11.5 Å². The highest BCUT2D eigenvalue weighted by molar-refractivity contribution is 7.98. The molecule has 0 amide bonds. The first-order chi connectivity index (χ1) is 11.2. The van der Waals surface area contributed by atoms with Crippen LogP contribution in [0.5, 0.6) is 11.5 Å². The number of aromatic hydroxyl groups is 2. The Morgan fingerprint density at radius 2 is 1.62 bits per heavy atom. The van der Waals surface area contributed by atoms with Gasteiger partial charge in [0.25, 0.3) is 0 Å². The number of hydrogen-bond acceptors (Lipinski definition) is 4. The second-order valence-corrected chi connectivity index (χ2v) is 8.15. The number of phenolic OH excluding ortho intramolecular Hbond substituents is 2. The van der Waals surface area contributed by atoms with E-state index in [1.807, 2.05) is 13.1 Å². The molecule has 2 rings (SSSR count). The van der Waals surface area contributed by atoms with Crippen LogP contribution in [0, 0.1) is 0 Å². The van der Waals surface area contributed by atoms with Crippen LogP contribution in [-0.2, 0) is 18.5 Å². The molecule has 0 bridgehead atoms. The number of rotatable bonds is 5. The van der Waals surface area contributed by atoms with Gasteiger partial charge in [-0.05, 0) is 48.0 Å². The van der Waals surface area contributed by atoms with E-state index in [-0.39, 0.29) is 16.9 Å². The zero-order valence-electron chi connectivity index (χ0n) is 15.1.